The molecule has 0 heterocycles. The molecule has 0 aromatic carbocycles. The Morgan fingerprint density at radius 1 is 1.78 bits per heavy atom. The van der Waals surface area contributed by atoms with Crippen molar-refractivity contribution in [3.8, 4) is 0 Å². The first kappa shape index (κ1) is 8.23. The van der Waals surface area contributed by atoms with Gasteiger partial charge in [0.2, 0.25) is 0 Å². The molecule has 0 saturated carbocycles. The van der Waals surface area contributed by atoms with Crippen LogP contribution in [0.15, 0.2) is 0 Å². The molecule has 4 nitrogen and oxygen atoms in total. The first-order chi connectivity index (χ1) is 4.13. The molecule has 0 rings (SSSR count). The third kappa shape index (κ3) is 7.23. The maximum Gasteiger partial charge on any atom is 0.404 e. The predicted octanol–water partition coefficient (Wildman–Crippen LogP) is -0.181. The normalized spacial score (nSPS) is 12.7. The Hall–Kier alpha value is -0.770. The highest BCUT2D eigenvalue weighted by Crippen LogP contribution is 1.85. The topological polar surface area (TPSA) is 78.3 Å². The highest BCUT2D eigenvalue weighted by molar-refractivity contribution is 5.64. The number of carbonyl (C=O) groups is 1. The molecule has 0 aromatic heterocycles. The van der Waals surface area contributed by atoms with Crippen molar-refractivity contribution >= 4 is 6.09 Å². The van der Waals surface area contributed by atoms with Crippen molar-refractivity contribution in [2.45, 2.75) is 19.4 Å². The number of carbonyl (C=O) groups excluding carboxylic acids is 1. The fourth-order valence-corrected chi connectivity index (χ4v) is 0.345. The van der Waals surface area contributed by atoms with Crippen molar-refractivity contribution in [1.82, 2.24) is 0 Å². The van der Waals surface area contributed by atoms with Crippen LogP contribution >= 0.6 is 0 Å². The van der Waals surface area contributed by atoms with E-state index in [-0.39, 0.29) is 6.04 Å². The largest absolute Gasteiger partial charge is 0.450 e. The summed E-state index contributed by atoms with van der Waals surface area (Å²) >= 11 is 0. The SMILES string of the molecule is CC(N)CCOC(N)=O. The zero-order chi connectivity index (χ0) is 7.28. The maximum absolute atomic E-state index is 9.94. The minimum Gasteiger partial charge on any atom is -0.450 e. The van der Waals surface area contributed by atoms with Gasteiger partial charge in [0.15, 0.2) is 0 Å². The maximum atomic E-state index is 9.94. The molecule has 1 amide bonds. The van der Waals surface area contributed by atoms with Crippen LogP contribution in [0.1, 0.15) is 13.3 Å². The van der Waals surface area contributed by atoms with Crippen LogP contribution in [0.3, 0.4) is 0 Å². The second-order valence-corrected chi connectivity index (χ2v) is 1.93. The van der Waals surface area contributed by atoms with Crippen LogP contribution in [-0.2, 0) is 4.74 Å². The lowest BCUT2D eigenvalue weighted by Crippen LogP contribution is -2.20. The first-order valence-corrected chi connectivity index (χ1v) is 2.80. The molecule has 0 aliphatic rings. The molecule has 1 unspecified atom stereocenters. The molecule has 0 fully saturated rings. The Labute approximate surface area is 54.2 Å². The highest BCUT2D eigenvalue weighted by Gasteiger charge is 1.95. The van der Waals surface area contributed by atoms with Crippen LogP contribution in [0.4, 0.5) is 4.79 Å². The van der Waals surface area contributed by atoms with Gasteiger partial charge in [-0.25, -0.2) is 4.79 Å². The van der Waals surface area contributed by atoms with Gasteiger partial charge in [0.25, 0.3) is 0 Å². The number of ether oxygens (including phenoxy) is 1. The van der Waals surface area contributed by atoms with E-state index < -0.39 is 6.09 Å². The number of hydrogen-bond donors (Lipinski definition) is 2. The van der Waals surface area contributed by atoms with Crippen molar-refractivity contribution < 1.29 is 9.53 Å². The molecule has 0 saturated heterocycles. The highest BCUT2D eigenvalue weighted by atomic mass is 16.5. The van der Waals surface area contributed by atoms with Gasteiger partial charge in [-0.2, -0.15) is 0 Å². The van der Waals surface area contributed by atoms with Gasteiger partial charge in [-0.15, -0.1) is 0 Å². The Bertz CT molecular complexity index is 93.0. The van der Waals surface area contributed by atoms with E-state index in [0.29, 0.717) is 13.0 Å². The van der Waals surface area contributed by atoms with Crippen molar-refractivity contribution in [2.75, 3.05) is 6.61 Å². The number of amides is 1. The summed E-state index contributed by atoms with van der Waals surface area (Å²) in [5, 5.41) is 0. The molecule has 0 aromatic rings. The van der Waals surface area contributed by atoms with Crippen LogP contribution < -0.4 is 11.5 Å². The summed E-state index contributed by atoms with van der Waals surface area (Å²) in [6.07, 6.45) is -0.0844. The summed E-state index contributed by atoms with van der Waals surface area (Å²) < 4.78 is 4.41. The molecule has 0 aliphatic heterocycles. The standard InChI is InChI=1S/C5H12N2O2/c1-4(6)2-3-9-5(7)8/h4H,2-3,6H2,1H3,(H2,7,8). The fraction of sp³-hybridized carbons (Fsp3) is 0.800. The quantitative estimate of drug-likeness (QED) is 0.559. The lowest BCUT2D eigenvalue weighted by Gasteiger charge is -2.02. The van der Waals surface area contributed by atoms with Crippen molar-refractivity contribution in [3.05, 3.63) is 0 Å². The molecule has 54 valence electrons. The second kappa shape index (κ2) is 4.14. The van der Waals surface area contributed by atoms with E-state index in [2.05, 4.69) is 10.5 Å². The fourth-order valence-electron chi connectivity index (χ4n) is 0.345. The molecule has 0 spiro atoms. The third-order valence-electron chi connectivity index (χ3n) is 0.818. The molecule has 4 N–H and O–H groups in total. The Kier molecular flexibility index (Phi) is 3.79. The van der Waals surface area contributed by atoms with Crippen LogP contribution in [0.25, 0.3) is 0 Å². The summed E-state index contributed by atoms with van der Waals surface area (Å²) in [4.78, 5) is 9.94. The van der Waals surface area contributed by atoms with E-state index in [4.69, 9.17) is 5.73 Å². The van der Waals surface area contributed by atoms with E-state index in [1.165, 1.54) is 0 Å². The first-order valence-electron chi connectivity index (χ1n) is 2.80. The van der Waals surface area contributed by atoms with Crippen molar-refractivity contribution in [2.24, 2.45) is 11.5 Å². The van der Waals surface area contributed by atoms with E-state index >= 15 is 0 Å². The summed E-state index contributed by atoms with van der Waals surface area (Å²) in [6.45, 7) is 2.15. The molecule has 4 heteroatoms. The number of rotatable bonds is 3. The van der Waals surface area contributed by atoms with Crippen LogP contribution in [-0.4, -0.2) is 18.7 Å². The van der Waals surface area contributed by atoms with Gasteiger partial charge in [-0.3, -0.25) is 0 Å². The van der Waals surface area contributed by atoms with Gasteiger partial charge in [0.05, 0.1) is 6.61 Å². The zero-order valence-electron chi connectivity index (χ0n) is 5.46. The van der Waals surface area contributed by atoms with Crippen LogP contribution in [0.2, 0.25) is 0 Å². The predicted molar refractivity (Wildman–Crippen MR) is 33.8 cm³/mol. The van der Waals surface area contributed by atoms with Gasteiger partial charge in [0.1, 0.15) is 0 Å². The second-order valence-electron chi connectivity index (χ2n) is 1.93. The number of nitrogens with two attached hydrogens (primary N) is 2. The summed E-state index contributed by atoms with van der Waals surface area (Å²) in [6, 6.07) is 0.0596. The Balaban J connectivity index is 3.01. The van der Waals surface area contributed by atoms with Gasteiger partial charge >= 0.3 is 6.09 Å². The van der Waals surface area contributed by atoms with Gasteiger partial charge < -0.3 is 16.2 Å². The molecular weight excluding hydrogens is 120 g/mol. The smallest absolute Gasteiger partial charge is 0.404 e. The molecule has 0 bridgehead atoms. The minimum absolute atomic E-state index is 0.0596. The number of hydrogen-bond acceptors (Lipinski definition) is 3. The molecule has 0 aliphatic carbocycles. The summed E-state index contributed by atoms with van der Waals surface area (Å²) in [5.41, 5.74) is 10.0. The Morgan fingerprint density at radius 2 is 2.33 bits per heavy atom. The van der Waals surface area contributed by atoms with E-state index in [1.807, 2.05) is 6.92 Å². The molecule has 9 heavy (non-hydrogen) atoms. The van der Waals surface area contributed by atoms with E-state index in [1.54, 1.807) is 0 Å². The van der Waals surface area contributed by atoms with E-state index in [0.717, 1.165) is 0 Å². The number of primary amides is 1. The lowest BCUT2D eigenvalue weighted by atomic mass is 10.3. The average molecular weight is 132 g/mol. The minimum atomic E-state index is -0.740. The third-order valence-corrected chi connectivity index (χ3v) is 0.818. The summed E-state index contributed by atoms with van der Waals surface area (Å²) in [7, 11) is 0. The van der Waals surface area contributed by atoms with Crippen molar-refractivity contribution in [1.29, 1.82) is 0 Å². The van der Waals surface area contributed by atoms with Gasteiger partial charge in [-0.1, -0.05) is 0 Å². The lowest BCUT2D eigenvalue weighted by molar-refractivity contribution is 0.153. The zero-order valence-corrected chi connectivity index (χ0v) is 5.46. The van der Waals surface area contributed by atoms with Gasteiger partial charge in [-0.05, 0) is 13.3 Å². The van der Waals surface area contributed by atoms with E-state index in [9.17, 15) is 4.79 Å². The summed E-state index contributed by atoms with van der Waals surface area (Å²) in [5.74, 6) is 0. The molecule has 0 radical (unpaired) electrons. The average Bonchev–Trinajstić information content (AvgIpc) is 1.63. The molecular formula is C5H12N2O2. The Morgan fingerprint density at radius 3 is 2.67 bits per heavy atom. The van der Waals surface area contributed by atoms with Crippen LogP contribution in [0.5, 0.6) is 0 Å². The van der Waals surface area contributed by atoms with Crippen LogP contribution in [0, 0.1) is 0 Å². The monoisotopic (exact) mass is 132 g/mol. The van der Waals surface area contributed by atoms with Crippen molar-refractivity contribution in [3.63, 3.8) is 0 Å². The van der Waals surface area contributed by atoms with Gasteiger partial charge in [0, 0.05) is 6.04 Å². The molecule has 1 atom stereocenters.